The number of aromatic carboxylic acids is 1. The van der Waals surface area contributed by atoms with Crippen LogP contribution in [0, 0.1) is 18.3 Å². The Morgan fingerprint density at radius 2 is 2.29 bits per heavy atom. The Hall–Kier alpha value is -2.68. The Kier molecular flexibility index (Phi) is 2.58. The molecule has 2 aromatic rings. The van der Waals surface area contributed by atoms with Crippen LogP contribution in [0.25, 0.3) is 5.82 Å². The third-order valence-electron chi connectivity index (χ3n) is 2.18. The number of carboxylic acid groups (broad SMARTS) is 1. The Morgan fingerprint density at radius 3 is 2.88 bits per heavy atom. The summed E-state index contributed by atoms with van der Waals surface area (Å²) < 4.78 is 1.43. The first-order valence-electron chi connectivity index (χ1n) is 4.77. The average molecular weight is 228 g/mol. The maximum atomic E-state index is 10.7. The highest BCUT2D eigenvalue weighted by atomic mass is 16.4. The van der Waals surface area contributed by atoms with Crippen molar-refractivity contribution in [2.45, 2.75) is 6.92 Å². The number of carbonyl (C=O) groups is 1. The van der Waals surface area contributed by atoms with Crippen molar-refractivity contribution in [1.82, 2.24) is 14.5 Å². The molecule has 2 aromatic heterocycles. The highest BCUT2D eigenvalue weighted by Crippen LogP contribution is 2.12. The largest absolute Gasteiger partial charge is 0.476 e. The van der Waals surface area contributed by atoms with E-state index >= 15 is 0 Å². The van der Waals surface area contributed by atoms with Gasteiger partial charge in [0, 0.05) is 11.9 Å². The van der Waals surface area contributed by atoms with E-state index in [-0.39, 0.29) is 5.69 Å². The normalized spacial score (nSPS) is 9.88. The van der Waals surface area contributed by atoms with Gasteiger partial charge in [0.25, 0.3) is 0 Å². The Balaban J connectivity index is 2.56. The fourth-order valence-electron chi connectivity index (χ4n) is 1.38. The lowest BCUT2D eigenvalue weighted by molar-refractivity contribution is 0.0691. The first kappa shape index (κ1) is 10.8. The van der Waals surface area contributed by atoms with Crippen LogP contribution in [0.1, 0.15) is 21.7 Å². The van der Waals surface area contributed by atoms with Crippen molar-refractivity contribution in [3.8, 4) is 11.9 Å². The van der Waals surface area contributed by atoms with Crippen molar-refractivity contribution in [3.63, 3.8) is 0 Å². The van der Waals surface area contributed by atoms with Crippen LogP contribution in [-0.4, -0.2) is 25.6 Å². The molecule has 84 valence electrons. The minimum atomic E-state index is -1.12. The summed E-state index contributed by atoms with van der Waals surface area (Å²) in [6.45, 7) is 1.79. The van der Waals surface area contributed by atoms with Gasteiger partial charge >= 0.3 is 5.97 Å². The summed E-state index contributed by atoms with van der Waals surface area (Å²) in [5.74, 6) is -0.734. The first-order chi connectivity index (χ1) is 8.11. The number of aryl methyl sites for hydroxylation is 1. The molecule has 0 aliphatic heterocycles. The highest BCUT2D eigenvalue weighted by molar-refractivity contribution is 5.85. The van der Waals surface area contributed by atoms with Crippen LogP contribution in [0.2, 0.25) is 0 Å². The van der Waals surface area contributed by atoms with Crippen LogP contribution in [-0.2, 0) is 0 Å². The topological polar surface area (TPSA) is 91.8 Å². The number of nitrogens with zero attached hydrogens (tertiary/aromatic N) is 4. The average Bonchev–Trinajstić information content (AvgIpc) is 2.78. The molecule has 2 rings (SSSR count). The van der Waals surface area contributed by atoms with Gasteiger partial charge in [0.15, 0.2) is 11.5 Å². The zero-order valence-corrected chi connectivity index (χ0v) is 8.95. The van der Waals surface area contributed by atoms with Gasteiger partial charge in [-0.05, 0) is 19.1 Å². The molecule has 0 aliphatic rings. The number of rotatable bonds is 2. The maximum absolute atomic E-state index is 10.7. The lowest BCUT2D eigenvalue weighted by Crippen LogP contribution is -2.00. The fraction of sp³-hybridized carbons (Fsp3) is 0.0909. The third-order valence-corrected chi connectivity index (χ3v) is 2.18. The van der Waals surface area contributed by atoms with Gasteiger partial charge in [0.2, 0.25) is 0 Å². The summed E-state index contributed by atoms with van der Waals surface area (Å²) in [5.41, 5.74) is 1.02. The van der Waals surface area contributed by atoms with E-state index in [9.17, 15) is 4.79 Å². The van der Waals surface area contributed by atoms with Crippen molar-refractivity contribution < 1.29 is 9.90 Å². The van der Waals surface area contributed by atoms with Gasteiger partial charge in [0.05, 0.1) is 5.56 Å². The van der Waals surface area contributed by atoms with Crippen LogP contribution in [0.5, 0.6) is 0 Å². The molecule has 17 heavy (non-hydrogen) atoms. The zero-order valence-electron chi connectivity index (χ0n) is 8.95. The van der Waals surface area contributed by atoms with Crippen molar-refractivity contribution in [1.29, 1.82) is 5.26 Å². The molecule has 0 saturated heterocycles. The van der Waals surface area contributed by atoms with Crippen molar-refractivity contribution in [2.24, 2.45) is 0 Å². The maximum Gasteiger partial charge on any atom is 0.356 e. The third kappa shape index (κ3) is 1.99. The Labute approximate surface area is 96.8 Å². The monoisotopic (exact) mass is 228 g/mol. The summed E-state index contributed by atoms with van der Waals surface area (Å²) in [7, 11) is 0. The molecule has 0 aliphatic carbocycles. The molecule has 0 bridgehead atoms. The second-order valence-corrected chi connectivity index (χ2v) is 3.41. The van der Waals surface area contributed by atoms with E-state index in [1.54, 1.807) is 19.1 Å². The number of aromatic nitrogens is 3. The minimum Gasteiger partial charge on any atom is -0.476 e. The molecule has 0 unspecified atom stereocenters. The molecule has 1 N–H and O–H groups in total. The molecule has 0 radical (unpaired) electrons. The molecule has 0 amide bonds. The summed E-state index contributed by atoms with van der Waals surface area (Å²) in [6.07, 6.45) is 2.65. The number of nitriles is 1. The van der Waals surface area contributed by atoms with E-state index in [0.29, 0.717) is 11.4 Å². The second-order valence-electron chi connectivity index (χ2n) is 3.41. The van der Waals surface area contributed by atoms with Gasteiger partial charge in [-0.1, -0.05) is 0 Å². The molecule has 0 saturated carbocycles. The first-order valence-corrected chi connectivity index (χ1v) is 4.77. The smallest absolute Gasteiger partial charge is 0.356 e. The Bertz CT molecular complexity index is 625. The highest BCUT2D eigenvalue weighted by Gasteiger charge is 2.11. The van der Waals surface area contributed by atoms with E-state index in [1.807, 2.05) is 6.07 Å². The van der Waals surface area contributed by atoms with E-state index in [0.717, 1.165) is 5.69 Å². The lowest BCUT2D eigenvalue weighted by atomic mass is 10.2. The number of carboxylic acids is 1. The van der Waals surface area contributed by atoms with Crippen molar-refractivity contribution in [3.05, 3.63) is 41.6 Å². The molecule has 2 heterocycles. The second kappa shape index (κ2) is 4.06. The number of pyridine rings is 1. The molecule has 0 aromatic carbocycles. The molecule has 0 atom stereocenters. The number of hydrogen-bond acceptors (Lipinski definition) is 4. The van der Waals surface area contributed by atoms with Crippen LogP contribution >= 0.6 is 0 Å². The van der Waals surface area contributed by atoms with E-state index in [2.05, 4.69) is 9.97 Å². The van der Waals surface area contributed by atoms with Gasteiger partial charge in [-0.25, -0.2) is 14.8 Å². The minimum absolute atomic E-state index is 0.0859. The molecular weight excluding hydrogens is 220 g/mol. The predicted molar refractivity (Wildman–Crippen MR) is 57.8 cm³/mol. The van der Waals surface area contributed by atoms with Crippen LogP contribution in [0.15, 0.2) is 24.7 Å². The SMILES string of the molecule is Cc1ccc(C#N)c(-n2cnc(C(=O)O)c2)n1. The van der Waals surface area contributed by atoms with Gasteiger partial charge in [0.1, 0.15) is 12.4 Å². The summed E-state index contributed by atoms with van der Waals surface area (Å²) in [4.78, 5) is 18.6. The van der Waals surface area contributed by atoms with Gasteiger partial charge in [-0.2, -0.15) is 5.26 Å². The van der Waals surface area contributed by atoms with Crippen LogP contribution in [0.3, 0.4) is 0 Å². The fourth-order valence-corrected chi connectivity index (χ4v) is 1.38. The van der Waals surface area contributed by atoms with Crippen molar-refractivity contribution >= 4 is 5.97 Å². The van der Waals surface area contributed by atoms with Crippen LogP contribution < -0.4 is 0 Å². The Morgan fingerprint density at radius 1 is 1.53 bits per heavy atom. The molecule has 6 heteroatoms. The quantitative estimate of drug-likeness (QED) is 0.832. The van der Waals surface area contributed by atoms with Gasteiger partial charge in [-0.15, -0.1) is 0 Å². The van der Waals surface area contributed by atoms with Crippen molar-refractivity contribution in [2.75, 3.05) is 0 Å². The molecule has 6 nitrogen and oxygen atoms in total. The summed E-state index contributed by atoms with van der Waals surface area (Å²) in [5, 5.41) is 17.7. The van der Waals surface area contributed by atoms with Gasteiger partial charge in [-0.3, -0.25) is 4.57 Å². The van der Waals surface area contributed by atoms with E-state index in [1.165, 1.54) is 17.1 Å². The summed E-state index contributed by atoms with van der Waals surface area (Å²) >= 11 is 0. The summed E-state index contributed by atoms with van der Waals surface area (Å²) in [6, 6.07) is 5.36. The zero-order chi connectivity index (χ0) is 12.4. The molecule has 0 fully saturated rings. The standard InChI is InChI=1S/C11H8N4O2/c1-7-2-3-8(4-12)10(14-7)15-5-9(11(16)17)13-6-15/h2-3,5-6H,1H3,(H,16,17). The predicted octanol–water partition coefficient (Wildman–Crippen LogP) is 1.15. The van der Waals surface area contributed by atoms with Gasteiger partial charge < -0.3 is 5.11 Å². The molecule has 0 spiro atoms. The van der Waals surface area contributed by atoms with E-state index < -0.39 is 5.97 Å². The number of imidazole rings is 1. The van der Waals surface area contributed by atoms with Crippen LogP contribution in [0.4, 0.5) is 0 Å². The lowest BCUT2D eigenvalue weighted by Gasteiger charge is -2.03. The van der Waals surface area contributed by atoms with E-state index in [4.69, 9.17) is 10.4 Å². The number of hydrogen-bond donors (Lipinski definition) is 1. The molecular formula is C11H8N4O2.